The van der Waals surface area contributed by atoms with Crippen LogP contribution in [0.15, 0.2) is 30.3 Å². The Labute approximate surface area is 124 Å². The van der Waals surface area contributed by atoms with E-state index in [-0.39, 0.29) is 18.7 Å². The van der Waals surface area contributed by atoms with E-state index in [9.17, 15) is 18.0 Å². The second kappa shape index (κ2) is 5.85. The SMILES string of the molecule is CN(Cc1ccccc1)C(=O)C1CCC(=O)N1S(C)(=O)=O. The Kier molecular flexibility index (Phi) is 4.32. The van der Waals surface area contributed by atoms with E-state index in [1.807, 2.05) is 30.3 Å². The molecule has 0 radical (unpaired) electrons. The summed E-state index contributed by atoms with van der Waals surface area (Å²) >= 11 is 0. The average Bonchev–Trinajstić information content (AvgIpc) is 2.80. The molecular weight excluding hydrogens is 292 g/mol. The maximum atomic E-state index is 12.4. The maximum absolute atomic E-state index is 12.4. The molecule has 1 fully saturated rings. The van der Waals surface area contributed by atoms with E-state index in [1.54, 1.807) is 7.05 Å². The van der Waals surface area contributed by atoms with Crippen molar-refractivity contribution in [1.29, 1.82) is 0 Å². The standard InChI is InChI=1S/C14H18N2O4S/c1-15(10-11-6-4-3-5-7-11)14(18)12-8-9-13(17)16(12)21(2,19)20/h3-7,12H,8-10H2,1-2H3. The zero-order chi connectivity index (χ0) is 15.6. The number of rotatable bonds is 4. The van der Waals surface area contributed by atoms with E-state index in [2.05, 4.69) is 0 Å². The Morgan fingerprint density at radius 2 is 1.95 bits per heavy atom. The number of sulfonamides is 1. The minimum absolute atomic E-state index is 0.0860. The molecule has 114 valence electrons. The number of carbonyl (C=O) groups is 2. The second-order valence-electron chi connectivity index (χ2n) is 5.19. The van der Waals surface area contributed by atoms with Crippen LogP contribution in [0.2, 0.25) is 0 Å². The third-order valence-corrected chi connectivity index (χ3v) is 4.61. The van der Waals surface area contributed by atoms with Crippen LogP contribution in [-0.4, -0.2) is 48.8 Å². The van der Waals surface area contributed by atoms with E-state index < -0.39 is 22.0 Å². The van der Waals surface area contributed by atoms with Gasteiger partial charge in [-0.05, 0) is 12.0 Å². The van der Waals surface area contributed by atoms with Gasteiger partial charge in [-0.25, -0.2) is 12.7 Å². The zero-order valence-electron chi connectivity index (χ0n) is 12.0. The molecular formula is C14H18N2O4S. The van der Waals surface area contributed by atoms with Crippen molar-refractivity contribution in [3.05, 3.63) is 35.9 Å². The highest BCUT2D eigenvalue weighted by atomic mass is 32.2. The third-order valence-electron chi connectivity index (χ3n) is 3.44. The van der Waals surface area contributed by atoms with Gasteiger partial charge in [-0.2, -0.15) is 0 Å². The van der Waals surface area contributed by atoms with Crippen LogP contribution in [0.1, 0.15) is 18.4 Å². The fraction of sp³-hybridized carbons (Fsp3) is 0.429. The van der Waals surface area contributed by atoms with Crippen LogP contribution in [-0.2, 0) is 26.2 Å². The predicted molar refractivity (Wildman–Crippen MR) is 77.6 cm³/mol. The number of benzene rings is 1. The number of hydrogen-bond donors (Lipinski definition) is 0. The highest BCUT2D eigenvalue weighted by Gasteiger charge is 2.42. The number of hydrogen-bond acceptors (Lipinski definition) is 4. The maximum Gasteiger partial charge on any atom is 0.246 e. The Morgan fingerprint density at radius 1 is 1.33 bits per heavy atom. The molecule has 1 saturated heterocycles. The van der Waals surface area contributed by atoms with Crippen molar-refractivity contribution in [2.45, 2.75) is 25.4 Å². The number of likely N-dealkylation sites (N-methyl/N-ethyl adjacent to an activating group) is 1. The van der Waals surface area contributed by atoms with Crippen LogP contribution in [0.3, 0.4) is 0 Å². The molecule has 1 unspecified atom stereocenters. The fourth-order valence-electron chi connectivity index (χ4n) is 2.49. The molecule has 0 aliphatic carbocycles. The minimum Gasteiger partial charge on any atom is -0.340 e. The van der Waals surface area contributed by atoms with Crippen molar-refractivity contribution in [3.63, 3.8) is 0 Å². The highest BCUT2D eigenvalue weighted by molar-refractivity contribution is 7.89. The molecule has 7 heteroatoms. The number of amides is 2. The van der Waals surface area contributed by atoms with Gasteiger partial charge in [-0.3, -0.25) is 9.59 Å². The van der Waals surface area contributed by atoms with Crippen molar-refractivity contribution < 1.29 is 18.0 Å². The molecule has 0 N–H and O–H groups in total. The molecule has 2 amide bonds. The Hall–Kier alpha value is -1.89. The molecule has 1 aromatic carbocycles. The first-order chi connectivity index (χ1) is 9.80. The molecule has 0 bridgehead atoms. The monoisotopic (exact) mass is 310 g/mol. The van der Waals surface area contributed by atoms with E-state index in [0.717, 1.165) is 16.1 Å². The van der Waals surface area contributed by atoms with Gasteiger partial charge in [-0.1, -0.05) is 30.3 Å². The first-order valence-electron chi connectivity index (χ1n) is 6.62. The summed E-state index contributed by atoms with van der Waals surface area (Å²) in [6.07, 6.45) is 1.28. The largest absolute Gasteiger partial charge is 0.340 e. The summed E-state index contributed by atoms with van der Waals surface area (Å²) in [5, 5.41) is 0. The Bertz CT molecular complexity index is 642. The van der Waals surface area contributed by atoms with Crippen molar-refractivity contribution in [1.82, 2.24) is 9.21 Å². The van der Waals surface area contributed by atoms with Gasteiger partial charge in [-0.15, -0.1) is 0 Å². The molecule has 0 saturated carbocycles. The van der Waals surface area contributed by atoms with Crippen LogP contribution in [0, 0.1) is 0 Å². The average molecular weight is 310 g/mol. The smallest absolute Gasteiger partial charge is 0.246 e. The van der Waals surface area contributed by atoms with Crippen LogP contribution >= 0.6 is 0 Å². The van der Waals surface area contributed by atoms with Crippen molar-refractivity contribution >= 4 is 21.8 Å². The van der Waals surface area contributed by atoms with Gasteiger partial charge in [0.2, 0.25) is 21.8 Å². The second-order valence-corrected chi connectivity index (χ2v) is 7.05. The lowest BCUT2D eigenvalue weighted by molar-refractivity contribution is -0.137. The van der Waals surface area contributed by atoms with Gasteiger partial charge in [0, 0.05) is 20.0 Å². The van der Waals surface area contributed by atoms with E-state index in [1.165, 1.54) is 4.90 Å². The summed E-state index contributed by atoms with van der Waals surface area (Å²) in [5.41, 5.74) is 0.948. The number of carbonyl (C=O) groups excluding carboxylic acids is 2. The fourth-order valence-corrected chi connectivity index (χ4v) is 3.61. The van der Waals surface area contributed by atoms with E-state index >= 15 is 0 Å². The molecule has 1 aliphatic heterocycles. The molecule has 1 aliphatic rings. The van der Waals surface area contributed by atoms with E-state index in [4.69, 9.17) is 0 Å². The summed E-state index contributed by atoms with van der Waals surface area (Å²) in [6.45, 7) is 0.377. The molecule has 1 heterocycles. The molecule has 1 aromatic rings. The first-order valence-corrected chi connectivity index (χ1v) is 8.46. The van der Waals surface area contributed by atoms with Gasteiger partial charge < -0.3 is 4.90 Å². The van der Waals surface area contributed by atoms with Gasteiger partial charge in [0.25, 0.3) is 0 Å². The summed E-state index contributed by atoms with van der Waals surface area (Å²) in [7, 11) is -2.11. The molecule has 0 aromatic heterocycles. The first kappa shape index (κ1) is 15.5. The Balaban J connectivity index is 2.14. The quantitative estimate of drug-likeness (QED) is 0.816. The predicted octanol–water partition coefficient (Wildman–Crippen LogP) is 0.596. The van der Waals surface area contributed by atoms with Crippen molar-refractivity contribution in [3.8, 4) is 0 Å². The van der Waals surface area contributed by atoms with Crippen LogP contribution in [0.4, 0.5) is 0 Å². The molecule has 1 atom stereocenters. The molecule has 21 heavy (non-hydrogen) atoms. The van der Waals surface area contributed by atoms with Gasteiger partial charge >= 0.3 is 0 Å². The summed E-state index contributed by atoms with van der Waals surface area (Å²) in [5.74, 6) is -0.862. The Morgan fingerprint density at radius 3 is 2.52 bits per heavy atom. The lowest BCUT2D eigenvalue weighted by atomic mass is 10.1. The molecule has 0 spiro atoms. The normalized spacial score (nSPS) is 18.9. The summed E-state index contributed by atoms with van der Waals surface area (Å²) < 4.78 is 24.1. The van der Waals surface area contributed by atoms with E-state index in [0.29, 0.717) is 6.54 Å². The topological polar surface area (TPSA) is 74.8 Å². The third kappa shape index (κ3) is 3.41. The summed E-state index contributed by atoms with van der Waals surface area (Å²) in [4.78, 5) is 25.6. The number of nitrogens with zero attached hydrogens (tertiary/aromatic N) is 2. The highest BCUT2D eigenvalue weighted by Crippen LogP contribution is 2.23. The lowest BCUT2D eigenvalue weighted by Crippen LogP contribution is -2.47. The van der Waals surface area contributed by atoms with Crippen LogP contribution in [0.25, 0.3) is 0 Å². The van der Waals surface area contributed by atoms with Crippen molar-refractivity contribution in [2.75, 3.05) is 13.3 Å². The van der Waals surface area contributed by atoms with Crippen LogP contribution < -0.4 is 0 Å². The van der Waals surface area contributed by atoms with Crippen LogP contribution in [0.5, 0.6) is 0 Å². The van der Waals surface area contributed by atoms with Gasteiger partial charge in [0.1, 0.15) is 6.04 Å². The zero-order valence-corrected chi connectivity index (χ0v) is 12.8. The lowest BCUT2D eigenvalue weighted by Gasteiger charge is -2.26. The molecule has 6 nitrogen and oxygen atoms in total. The summed E-state index contributed by atoms with van der Waals surface area (Å²) in [6, 6.07) is 8.48. The minimum atomic E-state index is -3.72. The van der Waals surface area contributed by atoms with Crippen molar-refractivity contribution in [2.24, 2.45) is 0 Å². The van der Waals surface area contributed by atoms with Gasteiger partial charge in [0.15, 0.2) is 0 Å². The van der Waals surface area contributed by atoms with Gasteiger partial charge in [0.05, 0.1) is 6.26 Å². The molecule has 2 rings (SSSR count).